The highest BCUT2D eigenvalue weighted by Crippen LogP contribution is 2.26. The van der Waals surface area contributed by atoms with Gasteiger partial charge in [-0.25, -0.2) is 9.67 Å². The number of carbonyl (C=O) groups excluding carboxylic acids is 1. The quantitative estimate of drug-likeness (QED) is 0.346. The van der Waals surface area contributed by atoms with E-state index in [4.69, 9.17) is 16.7 Å². The highest BCUT2D eigenvalue weighted by Gasteiger charge is 2.20. The van der Waals surface area contributed by atoms with Gasteiger partial charge in [-0.1, -0.05) is 37.4 Å². The van der Waals surface area contributed by atoms with Crippen LogP contribution in [0.1, 0.15) is 48.8 Å². The number of unbranched alkanes of at least 4 members (excludes halogenated alkanes) is 2. The average Bonchev–Trinajstić information content (AvgIpc) is 3.36. The third-order valence-electron chi connectivity index (χ3n) is 5.81. The van der Waals surface area contributed by atoms with Crippen LogP contribution in [0.2, 0.25) is 5.02 Å². The fraction of sp³-hybridized carbons (Fsp3) is 0.360. The highest BCUT2D eigenvalue weighted by molar-refractivity contribution is 7.15. The number of fused-ring (bicyclic) bond motifs is 1. The summed E-state index contributed by atoms with van der Waals surface area (Å²) in [6.45, 7) is 8.51. The number of rotatable bonds is 8. The molecule has 9 heteroatoms. The Hall–Kier alpha value is -2.97. The van der Waals surface area contributed by atoms with Crippen molar-refractivity contribution < 1.29 is 4.79 Å². The number of carbonyl (C=O) groups is 1. The van der Waals surface area contributed by atoms with Crippen molar-refractivity contribution in [2.75, 3.05) is 6.54 Å². The molecule has 0 fully saturated rings. The van der Waals surface area contributed by atoms with E-state index in [1.807, 2.05) is 50.4 Å². The van der Waals surface area contributed by atoms with Gasteiger partial charge in [0.1, 0.15) is 5.69 Å². The number of thiazole rings is 1. The normalized spacial score (nSPS) is 11.3. The summed E-state index contributed by atoms with van der Waals surface area (Å²) in [6.07, 6.45) is 3.26. The first-order valence-corrected chi connectivity index (χ1v) is 12.7. The fourth-order valence-electron chi connectivity index (χ4n) is 4.01. The summed E-state index contributed by atoms with van der Waals surface area (Å²) in [5, 5.41) is 10.1. The van der Waals surface area contributed by atoms with Crippen LogP contribution in [0.15, 0.2) is 34.4 Å². The predicted molar refractivity (Wildman–Crippen MR) is 137 cm³/mol. The zero-order valence-electron chi connectivity index (χ0n) is 19.8. The molecule has 0 aliphatic heterocycles. The zero-order chi connectivity index (χ0) is 24.4. The first kappa shape index (κ1) is 24.2. The van der Waals surface area contributed by atoms with Gasteiger partial charge >= 0.3 is 0 Å². The zero-order valence-corrected chi connectivity index (χ0v) is 21.4. The van der Waals surface area contributed by atoms with E-state index in [1.165, 1.54) is 15.7 Å². The van der Waals surface area contributed by atoms with Crippen molar-refractivity contribution in [2.24, 2.45) is 0 Å². The molecule has 4 rings (SSSR count). The molecule has 0 radical (unpaired) electrons. The molecule has 0 saturated heterocycles. The molecule has 0 aliphatic rings. The molecule has 0 aliphatic carbocycles. The second kappa shape index (κ2) is 10.1. The molecule has 0 atom stereocenters. The van der Waals surface area contributed by atoms with Crippen LogP contribution in [-0.4, -0.2) is 31.6 Å². The topological polar surface area (TPSA) is 81.3 Å². The number of aromatic nitrogens is 4. The lowest BCUT2D eigenvalue weighted by Crippen LogP contribution is -2.28. The summed E-state index contributed by atoms with van der Waals surface area (Å²) in [7, 11) is 0. The predicted octanol–water partition coefficient (Wildman–Crippen LogP) is 5.04. The molecule has 1 aromatic carbocycles. The number of aryl methyl sites for hydroxylation is 3. The number of nitrogens with one attached hydrogen (secondary N) is 1. The number of hydrogen-bond donors (Lipinski definition) is 1. The average molecular weight is 498 g/mol. The van der Waals surface area contributed by atoms with Crippen LogP contribution in [0.4, 0.5) is 0 Å². The Balaban J connectivity index is 1.72. The lowest BCUT2D eigenvalue weighted by atomic mass is 10.1. The lowest BCUT2D eigenvalue weighted by molar-refractivity contribution is -0.120. The Kier molecular flexibility index (Phi) is 7.19. The Morgan fingerprint density at radius 2 is 1.97 bits per heavy atom. The van der Waals surface area contributed by atoms with Gasteiger partial charge in [0.2, 0.25) is 5.91 Å². The van der Waals surface area contributed by atoms with Gasteiger partial charge < -0.3 is 5.32 Å². The molecule has 1 N–H and O–H groups in total. The van der Waals surface area contributed by atoms with Crippen molar-refractivity contribution in [1.82, 2.24) is 24.5 Å². The van der Waals surface area contributed by atoms with Crippen LogP contribution in [-0.2, 0) is 11.2 Å². The van der Waals surface area contributed by atoms with Crippen LogP contribution >= 0.6 is 22.9 Å². The van der Waals surface area contributed by atoms with Crippen LogP contribution < -0.4 is 10.9 Å². The number of benzene rings is 1. The molecule has 7 nitrogen and oxygen atoms in total. The number of amides is 1. The monoisotopic (exact) mass is 497 g/mol. The molecular weight excluding hydrogens is 470 g/mol. The summed E-state index contributed by atoms with van der Waals surface area (Å²) in [4.78, 5) is 31.3. The third-order valence-corrected chi connectivity index (χ3v) is 6.92. The van der Waals surface area contributed by atoms with Gasteiger partial charge in [-0.3, -0.25) is 14.0 Å². The molecule has 0 saturated carbocycles. The van der Waals surface area contributed by atoms with Crippen LogP contribution in [0.25, 0.3) is 21.9 Å². The van der Waals surface area contributed by atoms with Gasteiger partial charge in [-0.15, -0.1) is 11.3 Å². The maximum atomic E-state index is 13.6. The third kappa shape index (κ3) is 4.79. The molecule has 3 aromatic heterocycles. The van der Waals surface area contributed by atoms with Crippen molar-refractivity contribution in [1.29, 1.82) is 0 Å². The fourth-order valence-corrected chi connectivity index (χ4v) is 5.10. The van der Waals surface area contributed by atoms with E-state index < -0.39 is 0 Å². The minimum atomic E-state index is -0.218. The van der Waals surface area contributed by atoms with Gasteiger partial charge in [0.05, 0.1) is 23.4 Å². The Morgan fingerprint density at radius 1 is 1.18 bits per heavy atom. The van der Waals surface area contributed by atoms with Crippen molar-refractivity contribution in [3.8, 4) is 16.9 Å². The molecule has 0 bridgehead atoms. The van der Waals surface area contributed by atoms with E-state index in [0.29, 0.717) is 39.2 Å². The van der Waals surface area contributed by atoms with Gasteiger partial charge in [0.15, 0.2) is 4.96 Å². The molecule has 4 aromatic rings. The second-order valence-corrected chi connectivity index (χ2v) is 9.74. The summed E-state index contributed by atoms with van der Waals surface area (Å²) in [5.41, 5.74) is 4.76. The smallest absolute Gasteiger partial charge is 0.268 e. The first-order valence-electron chi connectivity index (χ1n) is 11.4. The summed E-state index contributed by atoms with van der Waals surface area (Å²) in [6, 6.07) is 7.52. The molecular formula is C25H28ClN5O2S. The molecule has 1 amide bonds. The van der Waals surface area contributed by atoms with E-state index in [2.05, 4.69) is 17.2 Å². The minimum absolute atomic E-state index is 0.0959. The highest BCUT2D eigenvalue weighted by atomic mass is 35.5. The molecule has 0 unspecified atom stereocenters. The minimum Gasteiger partial charge on any atom is -0.356 e. The SMILES string of the molecule is CCCCCNC(=O)Cc1csc2nc(C)c(-c3cc(C)n(-c4cc(Cl)ccc4C)n3)c(=O)n12. The van der Waals surface area contributed by atoms with E-state index in [1.54, 1.807) is 4.68 Å². The second-order valence-electron chi connectivity index (χ2n) is 8.47. The number of halogens is 1. The summed E-state index contributed by atoms with van der Waals surface area (Å²) >= 11 is 7.58. The largest absolute Gasteiger partial charge is 0.356 e. The van der Waals surface area contributed by atoms with Crippen LogP contribution in [0.3, 0.4) is 0 Å². The molecule has 34 heavy (non-hydrogen) atoms. The number of hydrogen-bond acceptors (Lipinski definition) is 5. The Bertz CT molecular complexity index is 1420. The molecule has 178 valence electrons. The maximum Gasteiger partial charge on any atom is 0.268 e. The van der Waals surface area contributed by atoms with Crippen molar-refractivity contribution in [3.63, 3.8) is 0 Å². The Labute approximate surface area is 207 Å². The van der Waals surface area contributed by atoms with Crippen molar-refractivity contribution in [3.05, 3.63) is 67.7 Å². The van der Waals surface area contributed by atoms with Gasteiger partial charge in [0, 0.05) is 28.3 Å². The van der Waals surface area contributed by atoms with E-state index >= 15 is 0 Å². The van der Waals surface area contributed by atoms with E-state index in [9.17, 15) is 9.59 Å². The first-order chi connectivity index (χ1) is 16.3. The maximum absolute atomic E-state index is 13.6. The van der Waals surface area contributed by atoms with Crippen LogP contribution in [0, 0.1) is 20.8 Å². The summed E-state index contributed by atoms with van der Waals surface area (Å²) in [5.74, 6) is -0.0959. The molecule has 0 spiro atoms. The van der Waals surface area contributed by atoms with Crippen molar-refractivity contribution >= 4 is 33.8 Å². The number of nitrogens with zero attached hydrogens (tertiary/aromatic N) is 4. The van der Waals surface area contributed by atoms with Gasteiger partial charge in [-0.2, -0.15) is 5.10 Å². The summed E-state index contributed by atoms with van der Waals surface area (Å²) < 4.78 is 3.33. The van der Waals surface area contributed by atoms with E-state index in [0.717, 1.165) is 36.2 Å². The van der Waals surface area contributed by atoms with E-state index in [-0.39, 0.29) is 17.9 Å². The molecule has 3 heterocycles. The standard InChI is InChI=1S/C25H28ClN5O2S/c1-5-6-7-10-27-22(32)13-19-14-34-25-28-17(4)23(24(33)30(19)25)20-11-16(3)31(29-20)21-12-18(26)9-8-15(21)2/h8-9,11-12,14H,5-7,10,13H2,1-4H3,(H,27,32). The van der Waals surface area contributed by atoms with Crippen molar-refractivity contribution in [2.45, 2.75) is 53.4 Å². The lowest BCUT2D eigenvalue weighted by Gasteiger charge is -2.09. The van der Waals surface area contributed by atoms with Crippen LogP contribution in [0.5, 0.6) is 0 Å². The Morgan fingerprint density at radius 3 is 2.74 bits per heavy atom. The van der Waals surface area contributed by atoms with Gasteiger partial charge in [-0.05, 0) is 51.0 Å². The van der Waals surface area contributed by atoms with Gasteiger partial charge in [0.25, 0.3) is 5.56 Å².